The van der Waals surface area contributed by atoms with Gasteiger partial charge in [0.2, 0.25) is 5.52 Å². The number of benzene rings is 1. The van der Waals surface area contributed by atoms with Crippen LogP contribution in [0.1, 0.15) is 20.8 Å². The highest BCUT2D eigenvalue weighted by Crippen LogP contribution is 2.27. The molecular weight excluding hydrogens is 360 g/mol. The van der Waals surface area contributed by atoms with Gasteiger partial charge in [-0.15, -0.1) is 0 Å². The number of aryl methyl sites for hydroxylation is 1. The van der Waals surface area contributed by atoms with Crippen molar-refractivity contribution in [2.24, 2.45) is 7.05 Å². The molecule has 136 valence electrons. The molecule has 0 unspecified atom stereocenters. The summed E-state index contributed by atoms with van der Waals surface area (Å²) >= 11 is 3.14. The van der Waals surface area contributed by atoms with Crippen LogP contribution >= 0.6 is 23.1 Å². The van der Waals surface area contributed by atoms with Gasteiger partial charge in [-0.25, -0.2) is 9.59 Å². The standard InChI is InChI=1S/C17H22N2O4S2/c1-17(2,3)23-15(21)18-11(14(20)22-5)10-24-16-19(4)12-8-6-7-9-13(12)25-16/h6-9,11H,10H2,1-5H3/p+1/t11-/m0/s1. The molecule has 0 radical (unpaired) electrons. The van der Waals surface area contributed by atoms with Crippen molar-refractivity contribution in [3.63, 3.8) is 0 Å². The van der Waals surface area contributed by atoms with Crippen LogP contribution in [-0.2, 0) is 21.3 Å². The van der Waals surface area contributed by atoms with Crippen LogP contribution in [0.15, 0.2) is 28.6 Å². The van der Waals surface area contributed by atoms with E-state index in [0.29, 0.717) is 5.75 Å². The van der Waals surface area contributed by atoms with Gasteiger partial charge in [0.05, 0.1) is 7.11 Å². The predicted molar refractivity (Wildman–Crippen MR) is 98.9 cm³/mol. The van der Waals surface area contributed by atoms with Crippen molar-refractivity contribution in [3.05, 3.63) is 24.3 Å². The number of rotatable bonds is 5. The summed E-state index contributed by atoms with van der Waals surface area (Å²) in [6.07, 6.45) is -0.635. The van der Waals surface area contributed by atoms with E-state index in [1.54, 1.807) is 32.1 Å². The molecule has 2 aromatic rings. The monoisotopic (exact) mass is 383 g/mol. The Labute approximate surface area is 155 Å². The van der Waals surface area contributed by atoms with Crippen molar-refractivity contribution in [2.75, 3.05) is 12.9 Å². The predicted octanol–water partition coefficient (Wildman–Crippen LogP) is 2.88. The topological polar surface area (TPSA) is 68.5 Å². The van der Waals surface area contributed by atoms with E-state index in [9.17, 15) is 9.59 Å². The maximum absolute atomic E-state index is 12.0. The number of para-hydroxylation sites is 1. The molecule has 0 aliphatic carbocycles. The van der Waals surface area contributed by atoms with Gasteiger partial charge in [-0.3, -0.25) is 0 Å². The average Bonchev–Trinajstić information content (AvgIpc) is 2.85. The number of fused-ring (bicyclic) bond motifs is 1. The molecule has 2 rings (SSSR count). The van der Waals surface area contributed by atoms with E-state index in [4.69, 9.17) is 9.47 Å². The van der Waals surface area contributed by atoms with Gasteiger partial charge in [-0.05, 0) is 38.6 Å². The van der Waals surface area contributed by atoms with Crippen LogP contribution < -0.4 is 9.88 Å². The van der Waals surface area contributed by atoms with Crippen molar-refractivity contribution in [3.8, 4) is 0 Å². The van der Waals surface area contributed by atoms with Crippen LogP contribution in [0.2, 0.25) is 0 Å². The minimum Gasteiger partial charge on any atom is -0.467 e. The number of aromatic nitrogens is 1. The fraction of sp³-hybridized carbons (Fsp3) is 0.471. The van der Waals surface area contributed by atoms with Crippen LogP contribution in [0.25, 0.3) is 10.2 Å². The summed E-state index contributed by atoms with van der Waals surface area (Å²) in [5.41, 5.74) is 0.500. The summed E-state index contributed by atoms with van der Waals surface area (Å²) < 4.78 is 14.3. The molecule has 1 amide bonds. The number of amides is 1. The quantitative estimate of drug-likeness (QED) is 0.488. The molecule has 0 saturated heterocycles. The molecule has 0 fully saturated rings. The zero-order valence-corrected chi connectivity index (χ0v) is 16.6. The molecule has 25 heavy (non-hydrogen) atoms. The Morgan fingerprint density at radius 3 is 2.60 bits per heavy atom. The maximum atomic E-state index is 12.0. The van der Waals surface area contributed by atoms with E-state index in [1.165, 1.54) is 23.6 Å². The van der Waals surface area contributed by atoms with Gasteiger partial charge in [-0.2, -0.15) is 4.57 Å². The number of carbonyl (C=O) groups is 2. The van der Waals surface area contributed by atoms with Gasteiger partial charge in [0, 0.05) is 11.8 Å². The Bertz CT molecular complexity index is 768. The zero-order valence-electron chi connectivity index (χ0n) is 15.0. The van der Waals surface area contributed by atoms with Crippen molar-refractivity contribution >= 4 is 45.4 Å². The number of esters is 1. The molecule has 0 bridgehead atoms. The van der Waals surface area contributed by atoms with Gasteiger partial charge in [0.15, 0.2) is 0 Å². The van der Waals surface area contributed by atoms with E-state index in [0.717, 1.165) is 9.86 Å². The zero-order chi connectivity index (χ0) is 18.6. The minimum atomic E-state index is -0.782. The second-order valence-electron chi connectivity index (χ2n) is 6.43. The smallest absolute Gasteiger partial charge is 0.408 e. The fourth-order valence-corrected chi connectivity index (χ4v) is 4.53. The molecule has 1 aromatic heterocycles. The van der Waals surface area contributed by atoms with Gasteiger partial charge >= 0.3 is 12.1 Å². The molecule has 1 atom stereocenters. The highest BCUT2D eigenvalue weighted by Gasteiger charge is 2.27. The van der Waals surface area contributed by atoms with Gasteiger partial charge in [0.25, 0.3) is 4.34 Å². The molecule has 0 aliphatic rings. The lowest BCUT2D eigenvalue weighted by Gasteiger charge is -2.22. The molecule has 1 heterocycles. The first kappa shape index (κ1) is 19.5. The number of nitrogens with zero attached hydrogens (tertiary/aromatic N) is 1. The summed E-state index contributed by atoms with van der Waals surface area (Å²) in [7, 11) is 3.28. The van der Waals surface area contributed by atoms with Crippen molar-refractivity contribution < 1.29 is 23.6 Å². The Morgan fingerprint density at radius 2 is 2.00 bits per heavy atom. The van der Waals surface area contributed by atoms with E-state index >= 15 is 0 Å². The minimum absolute atomic E-state index is 0.354. The summed E-state index contributed by atoms with van der Waals surface area (Å²) in [6, 6.07) is 7.31. The summed E-state index contributed by atoms with van der Waals surface area (Å²) in [5, 5.41) is 2.59. The number of thiazole rings is 1. The third kappa shape index (κ3) is 5.34. The van der Waals surface area contributed by atoms with Gasteiger partial charge in [-0.1, -0.05) is 23.5 Å². The molecule has 6 nitrogen and oxygen atoms in total. The Morgan fingerprint density at radius 1 is 1.32 bits per heavy atom. The molecule has 0 spiro atoms. The average molecular weight is 384 g/mol. The SMILES string of the molecule is COC(=O)[C@H](CSc1sc2ccccc2[n+]1C)NC(=O)OC(C)(C)C. The van der Waals surface area contributed by atoms with E-state index in [-0.39, 0.29) is 0 Å². The number of thioether (sulfide) groups is 1. The van der Waals surface area contributed by atoms with Crippen LogP contribution in [0, 0.1) is 0 Å². The normalized spacial score (nSPS) is 12.7. The number of nitrogens with one attached hydrogen (secondary N) is 1. The number of hydrogen-bond acceptors (Lipinski definition) is 6. The second kappa shape index (κ2) is 8.05. The Balaban J connectivity index is 2.07. The van der Waals surface area contributed by atoms with E-state index < -0.39 is 23.7 Å². The number of carbonyl (C=O) groups excluding carboxylic acids is 2. The fourth-order valence-electron chi connectivity index (χ4n) is 2.12. The molecule has 1 N–H and O–H groups in total. The second-order valence-corrected chi connectivity index (χ2v) is 8.73. The van der Waals surface area contributed by atoms with Gasteiger partial charge in [0.1, 0.15) is 23.4 Å². The van der Waals surface area contributed by atoms with Crippen molar-refractivity contribution in [1.29, 1.82) is 0 Å². The largest absolute Gasteiger partial charge is 0.467 e. The molecule has 0 aliphatic heterocycles. The van der Waals surface area contributed by atoms with E-state index in [1.807, 2.05) is 25.2 Å². The van der Waals surface area contributed by atoms with E-state index in [2.05, 4.69) is 16.0 Å². The first-order valence-corrected chi connectivity index (χ1v) is 9.59. The lowest BCUT2D eigenvalue weighted by atomic mass is 10.2. The summed E-state index contributed by atoms with van der Waals surface area (Å²) in [6.45, 7) is 5.31. The van der Waals surface area contributed by atoms with Crippen LogP contribution in [0.5, 0.6) is 0 Å². The number of hydrogen-bond donors (Lipinski definition) is 1. The van der Waals surface area contributed by atoms with Crippen molar-refractivity contribution in [2.45, 2.75) is 36.8 Å². The highest BCUT2D eigenvalue weighted by atomic mass is 32.2. The first-order chi connectivity index (χ1) is 11.7. The molecule has 1 aromatic carbocycles. The lowest BCUT2D eigenvalue weighted by Crippen LogP contribution is -2.45. The summed E-state index contributed by atoms with van der Waals surface area (Å²) in [4.78, 5) is 23.9. The lowest BCUT2D eigenvalue weighted by molar-refractivity contribution is -0.676. The number of ether oxygens (including phenoxy) is 2. The molecule has 8 heteroatoms. The number of methoxy groups -OCH3 is 1. The third-order valence-corrected chi connectivity index (χ3v) is 5.89. The van der Waals surface area contributed by atoms with Gasteiger partial charge < -0.3 is 14.8 Å². The highest BCUT2D eigenvalue weighted by molar-refractivity contribution is 8.01. The molecular formula is C17H23N2O4S2+. The number of alkyl carbamates (subject to hydrolysis) is 1. The third-order valence-electron chi connectivity index (χ3n) is 3.25. The van der Waals surface area contributed by atoms with Crippen LogP contribution in [0.3, 0.4) is 0 Å². The Kier molecular flexibility index (Phi) is 6.29. The van der Waals surface area contributed by atoms with Crippen LogP contribution in [0.4, 0.5) is 4.79 Å². The first-order valence-electron chi connectivity index (χ1n) is 7.79. The molecule has 0 saturated carbocycles. The van der Waals surface area contributed by atoms with Crippen molar-refractivity contribution in [1.82, 2.24) is 5.32 Å². The Hall–Kier alpha value is -1.80. The summed E-state index contributed by atoms with van der Waals surface area (Å²) in [5.74, 6) is -0.144. The maximum Gasteiger partial charge on any atom is 0.408 e. The van der Waals surface area contributed by atoms with Crippen LogP contribution in [-0.4, -0.2) is 36.6 Å².